The first-order valence-corrected chi connectivity index (χ1v) is 7.60. The molecule has 3 rings (SSSR count). The molecule has 0 atom stereocenters. The topological polar surface area (TPSA) is 62.9 Å². The van der Waals surface area contributed by atoms with Gasteiger partial charge in [-0.05, 0) is 31.0 Å². The van der Waals surface area contributed by atoms with Crippen molar-refractivity contribution in [1.29, 1.82) is 5.26 Å². The molecule has 1 aliphatic rings. The van der Waals surface area contributed by atoms with Crippen molar-refractivity contribution in [3.8, 4) is 6.07 Å². The fraction of sp³-hybridized carbons (Fsp3) is 0.133. The van der Waals surface area contributed by atoms with Gasteiger partial charge in [0.25, 0.3) is 10.0 Å². The third kappa shape index (κ3) is 1.86. The summed E-state index contributed by atoms with van der Waals surface area (Å²) in [6.07, 6.45) is 5.53. The Morgan fingerprint density at radius 2 is 1.90 bits per heavy atom. The number of allylic oxidation sites excluding steroid dienone is 2. The van der Waals surface area contributed by atoms with E-state index in [1.54, 1.807) is 30.5 Å². The van der Waals surface area contributed by atoms with E-state index in [9.17, 15) is 8.42 Å². The first-order chi connectivity index (χ1) is 9.52. The zero-order valence-electron chi connectivity index (χ0n) is 10.9. The smallest absolute Gasteiger partial charge is 0.248 e. The summed E-state index contributed by atoms with van der Waals surface area (Å²) in [4.78, 5) is 0.249. The molecule has 0 saturated heterocycles. The van der Waals surface area contributed by atoms with Crippen LogP contribution in [0.25, 0.3) is 5.57 Å². The van der Waals surface area contributed by atoms with Crippen molar-refractivity contribution in [3.05, 3.63) is 59.4 Å². The molecule has 4 nitrogen and oxygen atoms in total. The lowest BCUT2D eigenvalue weighted by Gasteiger charge is -2.06. The molecule has 0 spiro atoms. The molecule has 0 amide bonds. The van der Waals surface area contributed by atoms with E-state index in [0.29, 0.717) is 17.6 Å². The number of nitrogens with zero attached hydrogens (tertiary/aromatic N) is 2. The Hall–Kier alpha value is -2.32. The van der Waals surface area contributed by atoms with Crippen molar-refractivity contribution in [3.63, 3.8) is 0 Å². The predicted molar refractivity (Wildman–Crippen MR) is 75.5 cm³/mol. The van der Waals surface area contributed by atoms with Gasteiger partial charge in [0.1, 0.15) is 0 Å². The number of rotatable bonds is 2. The van der Waals surface area contributed by atoms with Gasteiger partial charge in [0.05, 0.1) is 16.5 Å². The van der Waals surface area contributed by atoms with E-state index in [0.717, 1.165) is 11.1 Å². The zero-order chi connectivity index (χ0) is 14.3. The van der Waals surface area contributed by atoms with Crippen LogP contribution in [0.15, 0.2) is 47.6 Å². The Morgan fingerprint density at radius 1 is 1.20 bits per heavy atom. The van der Waals surface area contributed by atoms with Crippen molar-refractivity contribution in [2.45, 2.75) is 18.2 Å². The molecule has 0 unspecified atom stereocenters. The monoisotopic (exact) mass is 284 g/mol. The minimum atomic E-state index is -3.59. The standard InChI is InChI=1S/C15H12N2O2S/c1-11-2-6-14(7-3-11)20(18,19)17-9-13-5-4-12(8-16)15(13)10-17/h2-4,6-7,9-10H,5H2,1H3. The summed E-state index contributed by atoms with van der Waals surface area (Å²) in [5.41, 5.74) is 3.13. The number of aromatic nitrogens is 1. The van der Waals surface area contributed by atoms with E-state index in [2.05, 4.69) is 6.07 Å². The highest BCUT2D eigenvalue weighted by molar-refractivity contribution is 7.90. The number of benzene rings is 1. The van der Waals surface area contributed by atoms with Gasteiger partial charge in [-0.1, -0.05) is 23.8 Å². The average molecular weight is 284 g/mol. The molecule has 1 aromatic carbocycles. The second kappa shape index (κ2) is 4.36. The lowest BCUT2D eigenvalue weighted by molar-refractivity contribution is 0.587. The maximum absolute atomic E-state index is 12.5. The van der Waals surface area contributed by atoms with Crippen LogP contribution in [0.1, 0.15) is 16.7 Å². The maximum atomic E-state index is 12.5. The molecule has 0 aliphatic heterocycles. The SMILES string of the molecule is Cc1ccc(S(=O)(=O)n2cc3c(c2)C(C#N)=CC3)cc1. The van der Waals surface area contributed by atoms with Crippen LogP contribution < -0.4 is 0 Å². The number of nitriles is 1. The Balaban J connectivity index is 2.08. The number of hydrogen-bond donors (Lipinski definition) is 0. The van der Waals surface area contributed by atoms with E-state index >= 15 is 0 Å². The van der Waals surface area contributed by atoms with Crippen LogP contribution in [-0.2, 0) is 16.4 Å². The lowest BCUT2D eigenvalue weighted by atomic mass is 10.2. The van der Waals surface area contributed by atoms with Gasteiger partial charge in [-0.15, -0.1) is 0 Å². The first kappa shape index (κ1) is 12.7. The molecule has 20 heavy (non-hydrogen) atoms. The summed E-state index contributed by atoms with van der Waals surface area (Å²) in [6.45, 7) is 1.91. The molecule has 1 heterocycles. The minimum Gasteiger partial charge on any atom is -0.248 e. The molecular formula is C15H12N2O2S. The fourth-order valence-electron chi connectivity index (χ4n) is 2.27. The largest absolute Gasteiger partial charge is 0.267 e. The summed E-state index contributed by atoms with van der Waals surface area (Å²) >= 11 is 0. The number of aryl methyl sites for hydroxylation is 1. The molecule has 0 fully saturated rings. The summed E-state index contributed by atoms with van der Waals surface area (Å²) < 4.78 is 26.2. The van der Waals surface area contributed by atoms with Crippen molar-refractivity contribution in [1.82, 2.24) is 3.97 Å². The third-order valence-electron chi connectivity index (χ3n) is 3.42. The highest BCUT2D eigenvalue weighted by Crippen LogP contribution is 2.29. The molecule has 5 heteroatoms. The second-order valence-electron chi connectivity index (χ2n) is 4.78. The van der Waals surface area contributed by atoms with Crippen LogP contribution in [0, 0.1) is 18.3 Å². The fourth-order valence-corrected chi connectivity index (χ4v) is 3.51. The third-order valence-corrected chi connectivity index (χ3v) is 5.05. The highest BCUT2D eigenvalue weighted by Gasteiger charge is 2.22. The van der Waals surface area contributed by atoms with E-state index in [-0.39, 0.29) is 4.90 Å². The van der Waals surface area contributed by atoms with Crippen molar-refractivity contribution in [2.24, 2.45) is 0 Å². The number of fused-ring (bicyclic) bond motifs is 1. The molecule has 1 aliphatic carbocycles. The number of hydrogen-bond acceptors (Lipinski definition) is 3. The molecule has 0 bridgehead atoms. The second-order valence-corrected chi connectivity index (χ2v) is 6.62. The Labute approximate surface area is 117 Å². The van der Waals surface area contributed by atoms with Gasteiger partial charge in [-0.3, -0.25) is 0 Å². The van der Waals surface area contributed by atoms with Gasteiger partial charge in [-0.25, -0.2) is 12.4 Å². The minimum absolute atomic E-state index is 0.249. The van der Waals surface area contributed by atoms with E-state index in [1.807, 2.05) is 13.0 Å². The van der Waals surface area contributed by atoms with Crippen molar-refractivity contribution < 1.29 is 8.42 Å². The summed E-state index contributed by atoms with van der Waals surface area (Å²) in [5, 5.41) is 9.00. The van der Waals surface area contributed by atoms with Gasteiger partial charge in [0.15, 0.2) is 0 Å². The predicted octanol–water partition coefficient (Wildman–Crippen LogP) is 2.50. The molecule has 1 aromatic heterocycles. The molecule has 0 radical (unpaired) electrons. The Bertz CT molecular complexity index is 850. The van der Waals surface area contributed by atoms with Crippen molar-refractivity contribution in [2.75, 3.05) is 0 Å². The summed E-state index contributed by atoms with van der Waals surface area (Å²) in [5.74, 6) is 0. The first-order valence-electron chi connectivity index (χ1n) is 6.16. The van der Waals surface area contributed by atoms with Gasteiger partial charge < -0.3 is 0 Å². The average Bonchev–Trinajstić information content (AvgIpc) is 2.99. The van der Waals surface area contributed by atoms with Crippen LogP contribution in [0.3, 0.4) is 0 Å². The van der Waals surface area contributed by atoms with E-state index in [4.69, 9.17) is 5.26 Å². The van der Waals surface area contributed by atoms with Gasteiger partial charge in [0, 0.05) is 18.0 Å². The van der Waals surface area contributed by atoms with Gasteiger partial charge in [0.2, 0.25) is 0 Å². The molecule has 0 saturated carbocycles. The lowest BCUT2D eigenvalue weighted by Crippen LogP contribution is -2.11. The van der Waals surface area contributed by atoms with E-state index in [1.165, 1.54) is 10.2 Å². The molecular weight excluding hydrogens is 272 g/mol. The normalized spacial score (nSPS) is 13.7. The van der Waals surface area contributed by atoms with Crippen LogP contribution in [0.4, 0.5) is 0 Å². The van der Waals surface area contributed by atoms with Crippen LogP contribution in [0.5, 0.6) is 0 Å². The van der Waals surface area contributed by atoms with Crippen molar-refractivity contribution >= 4 is 15.6 Å². The molecule has 100 valence electrons. The maximum Gasteiger partial charge on any atom is 0.267 e. The molecule has 0 N–H and O–H groups in total. The Kier molecular flexibility index (Phi) is 2.77. The molecule has 2 aromatic rings. The van der Waals surface area contributed by atoms with Gasteiger partial charge in [-0.2, -0.15) is 5.26 Å². The quantitative estimate of drug-likeness (QED) is 0.851. The summed E-state index contributed by atoms with van der Waals surface area (Å²) in [7, 11) is -3.59. The van der Waals surface area contributed by atoms with Crippen LogP contribution >= 0.6 is 0 Å². The summed E-state index contributed by atoms with van der Waals surface area (Å²) in [6, 6.07) is 8.81. The highest BCUT2D eigenvalue weighted by atomic mass is 32.2. The van der Waals surface area contributed by atoms with E-state index < -0.39 is 10.0 Å². The van der Waals surface area contributed by atoms with Gasteiger partial charge >= 0.3 is 0 Å². The Morgan fingerprint density at radius 3 is 2.55 bits per heavy atom. The van der Waals surface area contributed by atoms with Crippen LogP contribution in [0.2, 0.25) is 0 Å². The van der Waals surface area contributed by atoms with Crippen LogP contribution in [-0.4, -0.2) is 12.4 Å². The zero-order valence-corrected chi connectivity index (χ0v) is 11.7.